The van der Waals surface area contributed by atoms with E-state index < -0.39 is 0 Å². The van der Waals surface area contributed by atoms with Gasteiger partial charge in [-0.15, -0.1) is 0 Å². The molecule has 1 aromatic carbocycles. The molecule has 0 bridgehead atoms. The second-order valence-corrected chi connectivity index (χ2v) is 4.79. The lowest BCUT2D eigenvalue weighted by atomic mass is 9.98. The van der Waals surface area contributed by atoms with E-state index in [0.717, 1.165) is 16.8 Å². The van der Waals surface area contributed by atoms with Gasteiger partial charge in [0.05, 0.1) is 17.1 Å². The highest BCUT2D eigenvalue weighted by Gasteiger charge is 2.13. The van der Waals surface area contributed by atoms with Crippen molar-refractivity contribution in [2.75, 3.05) is 11.5 Å². The van der Waals surface area contributed by atoms with Crippen LogP contribution in [0.15, 0.2) is 40.4 Å². The molecule has 1 aromatic rings. The highest BCUT2D eigenvalue weighted by atomic mass is 16.1. The highest BCUT2D eigenvalue weighted by molar-refractivity contribution is 6.22. The van der Waals surface area contributed by atoms with Crippen molar-refractivity contribution in [2.24, 2.45) is 4.99 Å². The summed E-state index contributed by atoms with van der Waals surface area (Å²) in [5.74, 6) is 0.0263. The predicted molar refractivity (Wildman–Crippen MR) is 79.6 cm³/mol. The number of nitrogens with zero attached hydrogens (tertiary/aromatic N) is 1. The van der Waals surface area contributed by atoms with Gasteiger partial charge in [-0.25, -0.2) is 4.99 Å². The van der Waals surface area contributed by atoms with Crippen LogP contribution in [0, 0.1) is 6.92 Å². The van der Waals surface area contributed by atoms with E-state index in [-0.39, 0.29) is 5.78 Å². The zero-order valence-corrected chi connectivity index (χ0v) is 11.3. The van der Waals surface area contributed by atoms with E-state index in [4.69, 9.17) is 11.5 Å². The smallest absolute Gasteiger partial charge is 0.181 e. The maximum absolute atomic E-state index is 11.5. The number of nitrogen functional groups attached to an aromatic ring is 2. The van der Waals surface area contributed by atoms with Gasteiger partial charge < -0.3 is 11.5 Å². The third-order valence-electron chi connectivity index (χ3n) is 3.08. The first kappa shape index (κ1) is 13.1. The molecule has 1 aliphatic carbocycles. The van der Waals surface area contributed by atoms with Crippen LogP contribution in [0.1, 0.15) is 19.4 Å². The van der Waals surface area contributed by atoms with Crippen LogP contribution in [0.3, 0.4) is 0 Å². The molecule has 0 atom stereocenters. The van der Waals surface area contributed by atoms with E-state index in [1.54, 1.807) is 25.1 Å². The van der Waals surface area contributed by atoms with E-state index in [2.05, 4.69) is 4.99 Å². The molecule has 0 saturated heterocycles. The molecule has 2 rings (SSSR count). The van der Waals surface area contributed by atoms with Crippen LogP contribution in [-0.2, 0) is 4.79 Å². The largest absolute Gasteiger partial charge is 0.399 e. The van der Waals surface area contributed by atoms with Crippen molar-refractivity contribution in [3.63, 3.8) is 0 Å². The standard InChI is InChI=1S/C15H17N3O/c1-8-6-14(19)9(2)5-13(8)18-15-10(3)4-11(16)7-12(15)17/h4-7H,16-17H2,1-3H3. The van der Waals surface area contributed by atoms with Crippen LogP contribution in [0.4, 0.5) is 17.1 Å². The molecule has 0 saturated carbocycles. The van der Waals surface area contributed by atoms with Gasteiger partial charge in [0.25, 0.3) is 0 Å². The molecule has 4 heteroatoms. The number of anilines is 2. The van der Waals surface area contributed by atoms with E-state index in [1.807, 2.05) is 19.9 Å². The molecule has 0 amide bonds. The Bertz CT molecular complexity index is 628. The van der Waals surface area contributed by atoms with Gasteiger partial charge in [0.1, 0.15) is 0 Å². The molecule has 0 heterocycles. The van der Waals surface area contributed by atoms with E-state index in [1.165, 1.54) is 0 Å². The second-order valence-electron chi connectivity index (χ2n) is 4.79. The van der Waals surface area contributed by atoms with Crippen molar-refractivity contribution in [1.82, 2.24) is 0 Å². The molecule has 0 unspecified atom stereocenters. The maximum Gasteiger partial charge on any atom is 0.181 e. The van der Waals surface area contributed by atoms with Gasteiger partial charge in [0.2, 0.25) is 0 Å². The maximum atomic E-state index is 11.5. The minimum absolute atomic E-state index is 0.0263. The Hall–Kier alpha value is -2.36. The van der Waals surface area contributed by atoms with E-state index in [9.17, 15) is 4.79 Å². The van der Waals surface area contributed by atoms with Crippen molar-refractivity contribution >= 4 is 28.6 Å². The fraction of sp³-hybridized carbons (Fsp3) is 0.200. The number of hydrogen-bond acceptors (Lipinski definition) is 4. The lowest BCUT2D eigenvalue weighted by molar-refractivity contribution is -0.111. The van der Waals surface area contributed by atoms with Gasteiger partial charge in [0.15, 0.2) is 5.78 Å². The van der Waals surface area contributed by atoms with Gasteiger partial charge in [-0.2, -0.15) is 0 Å². The number of carbonyl (C=O) groups is 1. The molecule has 4 nitrogen and oxygen atoms in total. The Labute approximate surface area is 112 Å². The molecule has 19 heavy (non-hydrogen) atoms. The summed E-state index contributed by atoms with van der Waals surface area (Å²) in [5.41, 5.74) is 16.7. The Kier molecular flexibility index (Phi) is 3.25. The van der Waals surface area contributed by atoms with Gasteiger partial charge in [-0.05, 0) is 61.8 Å². The fourth-order valence-corrected chi connectivity index (χ4v) is 2.00. The predicted octanol–water partition coefficient (Wildman–Crippen LogP) is 2.71. The van der Waals surface area contributed by atoms with Gasteiger partial charge >= 0.3 is 0 Å². The molecule has 0 aliphatic heterocycles. The summed E-state index contributed by atoms with van der Waals surface area (Å²) in [4.78, 5) is 16.1. The normalized spacial score (nSPS) is 17.4. The van der Waals surface area contributed by atoms with Crippen LogP contribution in [0.25, 0.3) is 0 Å². The number of rotatable bonds is 1. The number of hydrogen-bond donors (Lipinski definition) is 2. The Morgan fingerprint density at radius 3 is 2.32 bits per heavy atom. The highest BCUT2D eigenvalue weighted by Crippen LogP contribution is 2.30. The number of allylic oxidation sites excluding steroid dienone is 4. The summed E-state index contributed by atoms with van der Waals surface area (Å²) in [5, 5.41) is 0. The van der Waals surface area contributed by atoms with Crippen molar-refractivity contribution < 1.29 is 4.79 Å². The average Bonchev–Trinajstić information content (AvgIpc) is 2.29. The fourth-order valence-electron chi connectivity index (χ4n) is 2.00. The first-order valence-corrected chi connectivity index (χ1v) is 6.04. The minimum atomic E-state index is 0.0263. The molecular weight excluding hydrogens is 238 g/mol. The summed E-state index contributed by atoms with van der Waals surface area (Å²) in [6.07, 6.45) is 3.38. The Morgan fingerprint density at radius 2 is 1.68 bits per heavy atom. The SMILES string of the molecule is CC1=CC(=Nc2c(C)cc(N)cc2N)C(C)=CC1=O. The van der Waals surface area contributed by atoms with Crippen LogP contribution >= 0.6 is 0 Å². The summed E-state index contributed by atoms with van der Waals surface area (Å²) in [6, 6.07) is 3.52. The summed E-state index contributed by atoms with van der Waals surface area (Å²) >= 11 is 0. The van der Waals surface area contributed by atoms with Gasteiger partial charge in [0, 0.05) is 5.69 Å². The molecule has 0 fully saturated rings. The first-order valence-electron chi connectivity index (χ1n) is 6.04. The molecular formula is C15H17N3O. The molecule has 0 aromatic heterocycles. The van der Waals surface area contributed by atoms with E-state index >= 15 is 0 Å². The van der Waals surface area contributed by atoms with Crippen LogP contribution in [0.5, 0.6) is 0 Å². The molecule has 4 N–H and O–H groups in total. The number of ketones is 1. The number of aliphatic imine (C=N–C) groups is 1. The number of carbonyl (C=O) groups excluding carboxylic acids is 1. The van der Waals surface area contributed by atoms with Crippen molar-refractivity contribution in [3.05, 3.63) is 41.0 Å². The molecule has 1 aliphatic rings. The molecule has 0 spiro atoms. The summed E-state index contributed by atoms with van der Waals surface area (Å²) in [7, 11) is 0. The zero-order valence-electron chi connectivity index (χ0n) is 11.3. The monoisotopic (exact) mass is 255 g/mol. The average molecular weight is 255 g/mol. The Balaban J connectivity index is 2.54. The third-order valence-corrected chi connectivity index (χ3v) is 3.08. The molecule has 0 radical (unpaired) electrons. The van der Waals surface area contributed by atoms with Crippen LogP contribution in [-0.4, -0.2) is 11.5 Å². The zero-order chi connectivity index (χ0) is 14.2. The van der Waals surface area contributed by atoms with Crippen LogP contribution in [0.2, 0.25) is 0 Å². The molecule has 98 valence electrons. The number of benzene rings is 1. The quantitative estimate of drug-likeness (QED) is 0.598. The number of aryl methyl sites for hydroxylation is 1. The number of nitrogens with two attached hydrogens (primary N) is 2. The van der Waals surface area contributed by atoms with Crippen molar-refractivity contribution in [3.8, 4) is 0 Å². The van der Waals surface area contributed by atoms with Crippen molar-refractivity contribution in [2.45, 2.75) is 20.8 Å². The van der Waals surface area contributed by atoms with Gasteiger partial charge in [-0.3, -0.25) is 4.79 Å². The Morgan fingerprint density at radius 1 is 1.00 bits per heavy atom. The lowest BCUT2D eigenvalue weighted by Crippen LogP contribution is -2.10. The van der Waals surface area contributed by atoms with Crippen molar-refractivity contribution in [1.29, 1.82) is 0 Å². The van der Waals surface area contributed by atoms with Crippen LogP contribution < -0.4 is 11.5 Å². The third kappa shape index (κ3) is 2.57. The minimum Gasteiger partial charge on any atom is -0.399 e. The lowest BCUT2D eigenvalue weighted by Gasteiger charge is -2.12. The van der Waals surface area contributed by atoms with E-state index in [0.29, 0.717) is 22.6 Å². The summed E-state index contributed by atoms with van der Waals surface area (Å²) < 4.78 is 0. The van der Waals surface area contributed by atoms with Gasteiger partial charge in [-0.1, -0.05) is 0 Å². The summed E-state index contributed by atoms with van der Waals surface area (Å²) in [6.45, 7) is 5.55. The first-order chi connectivity index (χ1) is 8.88. The second kappa shape index (κ2) is 4.72. The topological polar surface area (TPSA) is 81.5 Å².